The average molecular weight is 451 g/mol. The Morgan fingerprint density at radius 1 is 1.09 bits per heavy atom. The fourth-order valence-electron chi connectivity index (χ4n) is 3.91. The fraction of sp³-hybridized carbons (Fsp3) is 0.280. The van der Waals surface area contributed by atoms with Gasteiger partial charge >= 0.3 is 0 Å². The van der Waals surface area contributed by atoms with Crippen LogP contribution in [0.5, 0.6) is 0 Å². The lowest BCUT2D eigenvalue weighted by Crippen LogP contribution is -2.37. The van der Waals surface area contributed by atoms with Crippen molar-refractivity contribution in [1.29, 1.82) is 5.26 Å². The number of piperidine rings is 1. The van der Waals surface area contributed by atoms with E-state index in [9.17, 15) is 9.65 Å². The molecule has 2 aromatic carbocycles. The largest absolute Gasteiger partial charge is 0.420 e. The van der Waals surface area contributed by atoms with Crippen LogP contribution >= 0.6 is 11.6 Å². The predicted octanol–water partition coefficient (Wildman–Crippen LogP) is 6.15. The van der Waals surface area contributed by atoms with E-state index in [1.165, 1.54) is 37.0 Å². The quantitative estimate of drug-likeness (QED) is 0.467. The van der Waals surface area contributed by atoms with Crippen molar-refractivity contribution in [2.24, 2.45) is 0 Å². The molecule has 164 valence electrons. The molecule has 1 N–H and O–H groups in total. The normalized spacial score (nSPS) is 15.5. The Kier molecular flexibility index (Phi) is 7.21. The van der Waals surface area contributed by atoms with Crippen molar-refractivity contribution in [1.82, 2.24) is 9.88 Å². The molecule has 2 heterocycles. The number of nitriles is 1. The number of oxazole rings is 1. The number of likely N-dealkylation sites (tertiary alicyclic amines) is 1. The average Bonchev–Trinajstić information content (AvgIpc) is 3.23. The van der Waals surface area contributed by atoms with Gasteiger partial charge < -0.3 is 9.73 Å². The van der Waals surface area contributed by atoms with Crippen LogP contribution in [0.1, 0.15) is 48.0 Å². The van der Waals surface area contributed by atoms with E-state index < -0.39 is 0 Å². The van der Waals surface area contributed by atoms with Crippen LogP contribution in [0.15, 0.2) is 52.9 Å². The maximum atomic E-state index is 13.1. The summed E-state index contributed by atoms with van der Waals surface area (Å²) >= 11 is 6.09. The summed E-state index contributed by atoms with van der Waals surface area (Å²) in [4.78, 5) is 6.71. The van der Waals surface area contributed by atoms with Crippen molar-refractivity contribution in [3.63, 3.8) is 0 Å². The van der Waals surface area contributed by atoms with E-state index in [2.05, 4.69) is 21.3 Å². The maximum absolute atomic E-state index is 13.1. The zero-order valence-electron chi connectivity index (χ0n) is 17.6. The van der Waals surface area contributed by atoms with E-state index in [0.717, 1.165) is 18.7 Å². The third kappa shape index (κ3) is 5.56. The van der Waals surface area contributed by atoms with Crippen LogP contribution in [-0.2, 0) is 0 Å². The molecule has 0 aliphatic carbocycles. The minimum atomic E-state index is -0.291. The van der Waals surface area contributed by atoms with E-state index in [1.807, 2.05) is 24.3 Å². The third-order valence-corrected chi connectivity index (χ3v) is 5.83. The molecule has 0 spiro atoms. The number of anilines is 1. The topological polar surface area (TPSA) is 65.1 Å². The highest BCUT2D eigenvalue weighted by molar-refractivity contribution is 6.30. The number of aromatic nitrogens is 1. The van der Waals surface area contributed by atoms with Crippen LogP contribution in [0.3, 0.4) is 0 Å². The molecule has 0 saturated carbocycles. The van der Waals surface area contributed by atoms with E-state index in [0.29, 0.717) is 23.3 Å². The van der Waals surface area contributed by atoms with Gasteiger partial charge in [0.05, 0.1) is 6.04 Å². The van der Waals surface area contributed by atoms with E-state index >= 15 is 0 Å². The number of hydrogen-bond donors (Lipinski definition) is 1. The minimum absolute atomic E-state index is 0.127. The van der Waals surface area contributed by atoms with Gasteiger partial charge in [0.25, 0.3) is 0 Å². The second kappa shape index (κ2) is 10.4. The van der Waals surface area contributed by atoms with Crippen molar-refractivity contribution in [3.05, 3.63) is 82.1 Å². The van der Waals surface area contributed by atoms with Gasteiger partial charge in [0, 0.05) is 17.6 Å². The van der Waals surface area contributed by atoms with Crippen LogP contribution in [0.25, 0.3) is 12.2 Å². The number of nitrogens with one attached hydrogen (secondary N) is 1. The van der Waals surface area contributed by atoms with Gasteiger partial charge in [-0.1, -0.05) is 42.3 Å². The van der Waals surface area contributed by atoms with Crippen LogP contribution in [0, 0.1) is 17.1 Å². The second-order valence-corrected chi connectivity index (χ2v) is 8.21. The van der Waals surface area contributed by atoms with Gasteiger partial charge in [-0.3, -0.25) is 4.90 Å². The molecule has 0 bridgehead atoms. The lowest BCUT2D eigenvalue weighted by atomic mass is 10.0. The fourth-order valence-corrected chi connectivity index (χ4v) is 4.03. The Hall–Kier alpha value is -3.14. The van der Waals surface area contributed by atoms with Crippen LogP contribution in [0.4, 0.5) is 10.3 Å². The highest BCUT2D eigenvalue weighted by Crippen LogP contribution is 2.27. The molecule has 1 aromatic heterocycles. The first-order chi connectivity index (χ1) is 15.6. The monoisotopic (exact) mass is 450 g/mol. The summed E-state index contributed by atoms with van der Waals surface area (Å²) < 4.78 is 18.9. The van der Waals surface area contributed by atoms with E-state index in [4.69, 9.17) is 16.0 Å². The zero-order valence-corrected chi connectivity index (χ0v) is 18.4. The highest BCUT2D eigenvalue weighted by Gasteiger charge is 2.23. The van der Waals surface area contributed by atoms with Crippen LogP contribution in [0.2, 0.25) is 5.02 Å². The number of rotatable bonds is 7. The summed E-state index contributed by atoms with van der Waals surface area (Å²) in [5.74, 6) is 0.372. The third-order valence-electron chi connectivity index (χ3n) is 5.58. The summed E-state index contributed by atoms with van der Waals surface area (Å²) in [6.45, 7) is 2.64. The molecule has 1 aliphatic heterocycles. The first kappa shape index (κ1) is 22.1. The Morgan fingerprint density at radius 3 is 2.50 bits per heavy atom. The summed E-state index contributed by atoms with van der Waals surface area (Å²) in [5.41, 5.74) is 2.18. The SMILES string of the molecule is N#Cc1nc(C=Cc2ccc(F)cc2)oc1NCC(c1ccc(Cl)cc1)N1CCCCC1. The zero-order chi connectivity index (χ0) is 22.3. The van der Waals surface area contributed by atoms with Crippen molar-refractivity contribution in [3.8, 4) is 6.07 Å². The van der Waals surface area contributed by atoms with Crippen molar-refractivity contribution in [2.45, 2.75) is 25.3 Å². The molecule has 1 fully saturated rings. The van der Waals surface area contributed by atoms with Crippen LogP contribution < -0.4 is 5.32 Å². The van der Waals surface area contributed by atoms with E-state index in [-0.39, 0.29) is 17.6 Å². The summed E-state index contributed by atoms with van der Waals surface area (Å²) in [6, 6.07) is 16.2. The van der Waals surface area contributed by atoms with Crippen LogP contribution in [-0.4, -0.2) is 29.5 Å². The maximum Gasteiger partial charge on any atom is 0.232 e. The Bertz CT molecular complexity index is 1100. The molecule has 1 aliphatic rings. The molecule has 3 aromatic rings. The summed E-state index contributed by atoms with van der Waals surface area (Å²) in [6.07, 6.45) is 7.03. The molecule has 1 atom stereocenters. The van der Waals surface area contributed by atoms with Gasteiger partial charge in [-0.15, -0.1) is 0 Å². The first-order valence-corrected chi connectivity index (χ1v) is 11.1. The number of benzene rings is 2. The predicted molar refractivity (Wildman–Crippen MR) is 125 cm³/mol. The molecule has 4 rings (SSSR count). The number of hydrogen-bond acceptors (Lipinski definition) is 5. The molecule has 0 radical (unpaired) electrons. The highest BCUT2D eigenvalue weighted by atomic mass is 35.5. The van der Waals surface area contributed by atoms with Crippen molar-refractivity contribution >= 4 is 29.6 Å². The lowest BCUT2D eigenvalue weighted by Gasteiger charge is -2.35. The molecule has 1 unspecified atom stereocenters. The van der Waals surface area contributed by atoms with Gasteiger partial charge in [-0.05, 0) is 67.4 Å². The second-order valence-electron chi connectivity index (χ2n) is 7.77. The molecule has 0 amide bonds. The molecular formula is C25H24ClFN4O. The Morgan fingerprint density at radius 2 is 1.81 bits per heavy atom. The van der Waals surface area contributed by atoms with Crippen molar-refractivity contribution in [2.75, 3.05) is 25.0 Å². The molecule has 32 heavy (non-hydrogen) atoms. The molecule has 7 heteroatoms. The first-order valence-electron chi connectivity index (χ1n) is 10.7. The minimum Gasteiger partial charge on any atom is -0.420 e. The van der Waals surface area contributed by atoms with Gasteiger partial charge in [-0.2, -0.15) is 10.2 Å². The van der Waals surface area contributed by atoms with Gasteiger partial charge in [0.15, 0.2) is 0 Å². The summed E-state index contributed by atoms with van der Waals surface area (Å²) in [5, 5.41) is 13.5. The summed E-state index contributed by atoms with van der Waals surface area (Å²) in [7, 11) is 0. The standard InChI is InChI=1S/C25H24ClFN4O/c26-20-9-7-19(8-10-20)23(31-14-2-1-3-15-31)17-29-25-22(16-28)30-24(32-25)13-6-18-4-11-21(27)12-5-18/h4-13,23,29H,1-3,14-15,17H2. The molecular weight excluding hydrogens is 427 g/mol. The number of nitrogens with zero attached hydrogens (tertiary/aromatic N) is 3. The van der Waals surface area contributed by atoms with Gasteiger partial charge in [0.1, 0.15) is 11.9 Å². The van der Waals surface area contributed by atoms with Gasteiger partial charge in [0.2, 0.25) is 17.5 Å². The van der Waals surface area contributed by atoms with Crippen molar-refractivity contribution < 1.29 is 8.81 Å². The lowest BCUT2D eigenvalue weighted by molar-refractivity contribution is 0.170. The Labute approximate surface area is 192 Å². The molecule has 1 saturated heterocycles. The molecule has 5 nitrogen and oxygen atoms in total. The number of halogens is 2. The van der Waals surface area contributed by atoms with E-state index in [1.54, 1.807) is 24.3 Å². The van der Waals surface area contributed by atoms with Gasteiger partial charge in [-0.25, -0.2) is 4.39 Å². The Balaban J connectivity index is 1.50. The smallest absolute Gasteiger partial charge is 0.232 e.